The van der Waals surface area contributed by atoms with Gasteiger partial charge in [-0.15, -0.1) is 11.3 Å². The molecule has 0 aliphatic rings. The third-order valence-corrected chi connectivity index (χ3v) is 4.84. The van der Waals surface area contributed by atoms with E-state index in [9.17, 15) is 4.79 Å². The summed E-state index contributed by atoms with van der Waals surface area (Å²) in [5, 5.41) is 1.95. The fraction of sp³-hybridized carbons (Fsp3) is 0.0909. The lowest BCUT2D eigenvalue weighted by molar-refractivity contribution is -0.147. The van der Waals surface area contributed by atoms with Crippen LogP contribution in [0.3, 0.4) is 0 Å². The van der Waals surface area contributed by atoms with Crippen molar-refractivity contribution in [3.8, 4) is 27.6 Å². The molecule has 0 saturated heterocycles. The van der Waals surface area contributed by atoms with E-state index in [0.717, 1.165) is 16.0 Å². The summed E-state index contributed by atoms with van der Waals surface area (Å²) in [6, 6.07) is 21.5. The molecule has 2 heterocycles. The highest BCUT2D eigenvalue weighted by molar-refractivity contribution is 7.13. The minimum absolute atomic E-state index is 0.0456. The Balaban J connectivity index is 1.25. The summed E-state index contributed by atoms with van der Waals surface area (Å²) in [6.45, 7) is -0.121. The average Bonchev–Trinajstić information content (AvgIpc) is 3.43. The van der Waals surface area contributed by atoms with Crippen molar-refractivity contribution < 1.29 is 18.7 Å². The molecule has 6 heteroatoms. The van der Waals surface area contributed by atoms with Crippen LogP contribution < -0.4 is 4.74 Å². The molecule has 0 atom stereocenters. The fourth-order valence-electron chi connectivity index (χ4n) is 2.60. The van der Waals surface area contributed by atoms with Crippen molar-refractivity contribution >= 4 is 17.3 Å². The van der Waals surface area contributed by atoms with Crippen LogP contribution in [0.5, 0.6) is 5.75 Å². The highest BCUT2D eigenvalue weighted by Gasteiger charge is 2.10. The first kappa shape index (κ1) is 18.0. The molecule has 2 aromatic heterocycles. The number of carbonyl (C=O) groups is 1. The van der Waals surface area contributed by atoms with E-state index in [0.29, 0.717) is 17.3 Å². The number of benzene rings is 2. The summed E-state index contributed by atoms with van der Waals surface area (Å²) in [7, 11) is 0. The predicted octanol–water partition coefficient (Wildman–Crippen LogP) is 5.19. The molecular weight excluding hydrogens is 374 g/mol. The van der Waals surface area contributed by atoms with Crippen LogP contribution in [-0.2, 0) is 16.1 Å². The Bertz CT molecular complexity index is 1020. The first-order valence-corrected chi connectivity index (χ1v) is 9.58. The Morgan fingerprint density at radius 2 is 1.75 bits per heavy atom. The molecule has 0 radical (unpaired) electrons. The molecular formula is C22H17NO4S. The second kappa shape index (κ2) is 8.54. The van der Waals surface area contributed by atoms with Crippen LogP contribution in [0.2, 0.25) is 0 Å². The van der Waals surface area contributed by atoms with E-state index in [1.807, 2.05) is 72.1 Å². The molecule has 0 N–H and O–H groups in total. The number of hydrogen-bond acceptors (Lipinski definition) is 6. The number of thiophene rings is 1. The van der Waals surface area contributed by atoms with Gasteiger partial charge in [-0.1, -0.05) is 48.5 Å². The topological polar surface area (TPSA) is 61.6 Å². The molecule has 0 spiro atoms. The molecule has 0 aliphatic carbocycles. The zero-order chi connectivity index (χ0) is 19.2. The van der Waals surface area contributed by atoms with Crippen molar-refractivity contribution in [3.63, 3.8) is 0 Å². The molecule has 0 unspecified atom stereocenters. The van der Waals surface area contributed by atoms with Gasteiger partial charge < -0.3 is 13.9 Å². The van der Waals surface area contributed by atoms with Gasteiger partial charge in [-0.05, 0) is 34.7 Å². The quantitative estimate of drug-likeness (QED) is 0.406. The van der Waals surface area contributed by atoms with Gasteiger partial charge in [-0.25, -0.2) is 9.78 Å². The number of rotatable bonds is 7. The number of nitrogens with zero attached hydrogens (tertiary/aromatic N) is 1. The van der Waals surface area contributed by atoms with Gasteiger partial charge in [0.25, 0.3) is 0 Å². The van der Waals surface area contributed by atoms with Crippen LogP contribution in [0, 0.1) is 0 Å². The van der Waals surface area contributed by atoms with Gasteiger partial charge in [-0.3, -0.25) is 0 Å². The lowest BCUT2D eigenvalue weighted by Crippen LogP contribution is -2.14. The molecule has 5 nitrogen and oxygen atoms in total. The minimum Gasteiger partial charge on any atom is -0.482 e. The number of carbonyl (C=O) groups excluding carboxylic acids is 1. The SMILES string of the molecule is O=C(COc1ccc(-c2ccccc2)cc1)OCc1coc(-c2cccs2)n1. The smallest absolute Gasteiger partial charge is 0.344 e. The standard InChI is InChI=1S/C22H17NO4S/c24-21(26-13-18-14-27-22(23-18)20-7-4-12-28-20)15-25-19-10-8-17(9-11-19)16-5-2-1-3-6-16/h1-12,14H,13,15H2. The van der Waals surface area contributed by atoms with E-state index in [4.69, 9.17) is 13.9 Å². The van der Waals surface area contributed by atoms with Gasteiger partial charge in [0, 0.05) is 0 Å². The van der Waals surface area contributed by atoms with Crippen molar-refractivity contribution in [2.24, 2.45) is 0 Å². The van der Waals surface area contributed by atoms with Crippen LogP contribution in [0.15, 0.2) is 82.8 Å². The summed E-state index contributed by atoms with van der Waals surface area (Å²) < 4.78 is 16.1. The van der Waals surface area contributed by atoms with Gasteiger partial charge in [-0.2, -0.15) is 0 Å². The number of aromatic nitrogens is 1. The molecule has 0 aliphatic heterocycles. The number of hydrogen-bond donors (Lipinski definition) is 0. The molecule has 0 fully saturated rings. The van der Waals surface area contributed by atoms with Crippen LogP contribution >= 0.6 is 11.3 Å². The zero-order valence-corrected chi connectivity index (χ0v) is 15.7. The summed E-state index contributed by atoms with van der Waals surface area (Å²) in [6.07, 6.45) is 1.49. The predicted molar refractivity (Wildman–Crippen MR) is 107 cm³/mol. The van der Waals surface area contributed by atoms with Crippen LogP contribution in [0.25, 0.3) is 21.9 Å². The monoisotopic (exact) mass is 391 g/mol. The van der Waals surface area contributed by atoms with Crippen molar-refractivity contribution in [1.82, 2.24) is 4.98 Å². The van der Waals surface area contributed by atoms with Crippen LogP contribution in [-0.4, -0.2) is 17.6 Å². The van der Waals surface area contributed by atoms with Crippen LogP contribution in [0.1, 0.15) is 5.69 Å². The largest absolute Gasteiger partial charge is 0.482 e. The summed E-state index contributed by atoms with van der Waals surface area (Å²) in [5.41, 5.74) is 2.77. The van der Waals surface area contributed by atoms with Gasteiger partial charge in [0.1, 0.15) is 24.3 Å². The Kier molecular flexibility index (Phi) is 5.49. The number of oxazole rings is 1. The Morgan fingerprint density at radius 3 is 2.50 bits per heavy atom. The van der Waals surface area contributed by atoms with E-state index in [2.05, 4.69) is 4.98 Å². The van der Waals surface area contributed by atoms with Crippen molar-refractivity contribution in [3.05, 3.63) is 84.1 Å². The van der Waals surface area contributed by atoms with E-state index in [1.165, 1.54) is 17.6 Å². The minimum atomic E-state index is -0.465. The molecule has 28 heavy (non-hydrogen) atoms. The van der Waals surface area contributed by atoms with Crippen molar-refractivity contribution in [1.29, 1.82) is 0 Å². The lowest BCUT2D eigenvalue weighted by atomic mass is 10.1. The molecule has 4 aromatic rings. The zero-order valence-electron chi connectivity index (χ0n) is 14.9. The van der Waals surface area contributed by atoms with Gasteiger partial charge in [0.05, 0.1) is 4.88 Å². The van der Waals surface area contributed by atoms with Crippen molar-refractivity contribution in [2.45, 2.75) is 6.61 Å². The highest BCUT2D eigenvalue weighted by atomic mass is 32.1. The van der Waals surface area contributed by atoms with E-state index in [1.54, 1.807) is 0 Å². The number of esters is 1. The van der Waals surface area contributed by atoms with Gasteiger partial charge in [0.15, 0.2) is 6.61 Å². The molecule has 2 aromatic carbocycles. The summed E-state index contributed by atoms with van der Waals surface area (Å²) >= 11 is 1.53. The molecule has 0 bridgehead atoms. The highest BCUT2D eigenvalue weighted by Crippen LogP contribution is 2.24. The maximum Gasteiger partial charge on any atom is 0.344 e. The maximum absolute atomic E-state index is 11.9. The molecule has 4 rings (SSSR count). The lowest BCUT2D eigenvalue weighted by Gasteiger charge is -2.07. The summed E-state index contributed by atoms with van der Waals surface area (Å²) in [5.74, 6) is 0.668. The molecule has 0 saturated carbocycles. The second-order valence-corrected chi connectivity index (χ2v) is 6.91. The second-order valence-electron chi connectivity index (χ2n) is 5.96. The normalized spacial score (nSPS) is 10.6. The van der Waals surface area contributed by atoms with Crippen molar-refractivity contribution in [2.75, 3.05) is 6.61 Å². The Morgan fingerprint density at radius 1 is 0.964 bits per heavy atom. The fourth-order valence-corrected chi connectivity index (χ4v) is 3.25. The first-order valence-electron chi connectivity index (χ1n) is 8.70. The maximum atomic E-state index is 11.9. The van der Waals surface area contributed by atoms with Gasteiger partial charge in [0.2, 0.25) is 5.89 Å². The molecule has 0 amide bonds. The van der Waals surface area contributed by atoms with Gasteiger partial charge >= 0.3 is 5.97 Å². The average molecular weight is 391 g/mol. The van der Waals surface area contributed by atoms with E-state index < -0.39 is 5.97 Å². The third kappa shape index (κ3) is 4.47. The summed E-state index contributed by atoms with van der Waals surface area (Å²) in [4.78, 5) is 17.1. The van der Waals surface area contributed by atoms with E-state index in [-0.39, 0.29) is 13.2 Å². The van der Waals surface area contributed by atoms with E-state index >= 15 is 0 Å². The number of ether oxygens (including phenoxy) is 2. The Labute approximate surface area is 166 Å². The first-order chi connectivity index (χ1) is 13.8. The third-order valence-electron chi connectivity index (χ3n) is 3.98. The molecule has 140 valence electrons. The van der Waals surface area contributed by atoms with Crippen LogP contribution in [0.4, 0.5) is 0 Å². The Hall–Kier alpha value is -3.38.